The first-order chi connectivity index (χ1) is 3.91. The van der Waals surface area contributed by atoms with Crippen molar-refractivity contribution in [1.29, 1.82) is 0 Å². The van der Waals surface area contributed by atoms with Gasteiger partial charge >= 0.3 is 0 Å². The van der Waals surface area contributed by atoms with Crippen molar-refractivity contribution in [2.45, 2.75) is 6.42 Å². The van der Waals surface area contributed by atoms with Crippen LogP contribution in [0.15, 0.2) is 5.11 Å². The van der Waals surface area contributed by atoms with E-state index in [0.717, 1.165) is 0 Å². The molecular formula is C4H6N4. The van der Waals surface area contributed by atoms with Crippen LogP contribution in [-0.4, -0.2) is 13.1 Å². The number of hydrogen-bond acceptors (Lipinski definition) is 1. The van der Waals surface area contributed by atoms with Gasteiger partial charge in [-0.2, -0.15) is 0 Å². The average molecular weight is 110 g/mol. The Bertz CT molecular complexity index is 127. The summed E-state index contributed by atoms with van der Waals surface area (Å²) >= 11 is 0. The summed E-state index contributed by atoms with van der Waals surface area (Å²) in [5, 5.41) is 3.25. The molecule has 8 heavy (non-hydrogen) atoms. The van der Waals surface area contributed by atoms with Crippen LogP contribution in [0.5, 0.6) is 0 Å². The monoisotopic (exact) mass is 110 g/mol. The summed E-state index contributed by atoms with van der Waals surface area (Å²) in [6.45, 7) is 7.23. The predicted octanol–water partition coefficient (Wildman–Crippen LogP) is 1.61. The molecule has 0 atom stereocenters. The maximum absolute atomic E-state index is 7.75. The molecule has 0 saturated carbocycles. The lowest BCUT2D eigenvalue weighted by Gasteiger charge is -1.77. The molecule has 0 aliphatic heterocycles. The summed E-state index contributed by atoms with van der Waals surface area (Å²) in [5.74, 6) is 0. The highest BCUT2D eigenvalue weighted by Gasteiger charge is 1.82. The summed E-state index contributed by atoms with van der Waals surface area (Å²) in [6.07, 6.45) is 0.674. The van der Waals surface area contributed by atoms with Gasteiger partial charge in [0.05, 0.1) is 0 Å². The van der Waals surface area contributed by atoms with E-state index in [0.29, 0.717) is 19.5 Å². The minimum absolute atomic E-state index is 0.443. The van der Waals surface area contributed by atoms with Crippen LogP contribution in [0.1, 0.15) is 6.42 Å². The highest BCUT2D eigenvalue weighted by molar-refractivity contribution is 4.59. The maximum Gasteiger partial charge on any atom is 0.214 e. The molecule has 0 amide bonds. The lowest BCUT2D eigenvalue weighted by molar-refractivity contribution is 0.894. The molecule has 4 heteroatoms. The fraction of sp³-hybridized carbons (Fsp3) is 0.750. The van der Waals surface area contributed by atoms with Gasteiger partial charge in [0.15, 0.2) is 0 Å². The van der Waals surface area contributed by atoms with Gasteiger partial charge in [-0.1, -0.05) is 5.11 Å². The molecule has 0 N–H and O–H groups in total. The van der Waals surface area contributed by atoms with Gasteiger partial charge in [0.1, 0.15) is 0 Å². The van der Waals surface area contributed by atoms with Crippen molar-refractivity contribution >= 4 is 0 Å². The first kappa shape index (κ1) is 6.80. The van der Waals surface area contributed by atoms with Crippen molar-refractivity contribution in [1.82, 2.24) is 0 Å². The van der Waals surface area contributed by atoms with Crippen molar-refractivity contribution in [2.75, 3.05) is 13.1 Å². The fourth-order valence-electron chi connectivity index (χ4n) is 0.265. The summed E-state index contributed by atoms with van der Waals surface area (Å²) in [7, 11) is 0. The lowest BCUT2D eigenvalue weighted by Crippen LogP contribution is -1.79. The van der Waals surface area contributed by atoms with Crippen LogP contribution in [-0.2, 0) is 0 Å². The molecule has 0 spiro atoms. The van der Waals surface area contributed by atoms with Gasteiger partial charge in [-0.05, 0) is 5.53 Å². The molecule has 0 radical (unpaired) electrons. The van der Waals surface area contributed by atoms with E-state index < -0.39 is 0 Å². The second-order valence-corrected chi connectivity index (χ2v) is 1.19. The molecule has 0 aromatic heterocycles. The molecule has 0 fully saturated rings. The second kappa shape index (κ2) is 5.80. The summed E-state index contributed by atoms with van der Waals surface area (Å²) in [4.78, 5) is 5.60. The molecule has 42 valence electrons. The molecule has 0 aromatic rings. The van der Waals surface area contributed by atoms with Crippen molar-refractivity contribution in [3.8, 4) is 0 Å². The molecule has 0 bridgehead atoms. The molecule has 0 aromatic carbocycles. The van der Waals surface area contributed by atoms with Crippen LogP contribution in [0.2, 0.25) is 0 Å². The van der Waals surface area contributed by atoms with Crippen molar-refractivity contribution in [2.24, 2.45) is 5.11 Å². The smallest absolute Gasteiger partial charge is 0.214 e. The van der Waals surface area contributed by atoms with E-state index >= 15 is 0 Å². The van der Waals surface area contributed by atoms with Crippen molar-refractivity contribution in [3.05, 3.63) is 21.9 Å². The predicted molar refractivity (Wildman–Crippen MR) is 30.1 cm³/mol. The largest absolute Gasteiger partial charge is 0.317 e. The molecule has 0 saturated heterocycles. The number of hydrogen-bond donors (Lipinski definition) is 0. The van der Waals surface area contributed by atoms with E-state index in [-0.39, 0.29) is 0 Å². The van der Waals surface area contributed by atoms with Crippen LogP contribution in [0.4, 0.5) is 0 Å². The van der Waals surface area contributed by atoms with E-state index in [4.69, 9.17) is 12.1 Å². The molecule has 0 heterocycles. The first-order valence-electron chi connectivity index (χ1n) is 2.26. The zero-order valence-corrected chi connectivity index (χ0v) is 4.41. The molecule has 4 nitrogen and oxygen atoms in total. The Morgan fingerprint density at radius 3 is 2.88 bits per heavy atom. The number of nitrogens with zero attached hydrogens (tertiary/aromatic N) is 4. The topological polar surface area (TPSA) is 53.1 Å². The summed E-state index contributed by atoms with van der Waals surface area (Å²) < 4.78 is 0. The van der Waals surface area contributed by atoms with Crippen LogP contribution >= 0.6 is 0 Å². The van der Waals surface area contributed by atoms with E-state index in [1.807, 2.05) is 0 Å². The Kier molecular flexibility index (Phi) is 4.93. The number of rotatable bonds is 3. The van der Waals surface area contributed by atoms with Crippen LogP contribution in [0.25, 0.3) is 15.3 Å². The molecule has 0 unspecified atom stereocenters. The van der Waals surface area contributed by atoms with E-state index in [2.05, 4.69) is 14.9 Å². The Morgan fingerprint density at radius 2 is 2.38 bits per heavy atom. The normalized spacial score (nSPS) is 6.88. The fourth-order valence-corrected chi connectivity index (χ4v) is 0.265. The van der Waals surface area contributed by atoms with Crippen LogP contribution < -0.4 is 0 Å². The zero-order valence-electron chi connectivity index (χ0n) is 4.41. The SMILES string of the molecule is [C-]#[N+]CCCN=[N+]=[N-]. The molecule has 0 rings (SSSR count). The Hall–Kier alpha value is -1.20. The average Bonchev–Trinajstić information content (AvgIpc) is 1.81. The van der Waals surface area contributed by atoms with Gasteiger partial charge in [-0.15, -0.1) is 0 Å². The Labute approximate surface area is 47.6 Å². The first-order valence-corrected chi connectivity index (χ1v) is 2.26. The maximum atomic E-state index is 7.75. The Morgan fingerprint density at radius 1 is 1.62 bits per heavy atom. The minimum Gasteiger partial charge on any atom is -0.317 e. The lowest BCUT2D eigenvalue weighted by atomic mass is 10.4. The third-order valence-electron chi connectivity index (χ3n) is 0.591. The summed E-state index contributed by atoms with van der Waals surface area (Å²) in [5.41, 5.74) is 7.75. The summed E-state index contributed by atoms with van der Waals surface area (Å²) in [6, 6.07) is 0. The standard InChI is InChI=1S/C4H6N4/c1-6-3-2-4-7-8-5/h2-4H2. The minimum atomic E-state index is 0.443. The highest BCUT2D eigenvalue weighted by Crippen LogP contribution is 1.81. The third kappa shape index (κ3) is 4.80. The van der Waals surface area contributed by atoms with Gasteiger partial charge in [-0.25, -0.2) is 6.57 Å². The third-order valence-corrected chi connectivity index (χ3v) is 0.591. The molecule has 0 aliphatic rings. The van der Waals surface area contributed by atoms with Gasteiger partial charge in [0.25, 0.3) is 0 Å². The van der Waals surface area contributed by atoms with Crippen molar-refractivity contribution in [3.63, 3.8) is 0 Å². The van der Waals surface area contributed by atoms with Crippen molar-refractivity contribution < 1.29 is 0 Å². The zero-order chi connectivity index (χ0) is 6.24. The quantitative estimate of drug-likeness (QED) is 0.174. The van der Waals surface area contributed by atoms with E-state index in [1.54, 1.807) is 0 Å². The van der Waals surface area contributed by atoms with Crippen LogP contribution in [0, 0.1) is 6.57 Å². The van der Waals surface area contributed by atoms with Gasteiger partial charge < -0.3 is 4.85 Å². The van der Waals surface area contributed by atoms with Gasteiger partial charge in [-0.3, -0.25) is 0 Å². The highest BCUT2D eigenvalue weighted by atomic mass is 15.1. The second-order valence-electron chi connectivity index (χ2n) is 1.19. The molecular weight excluding hydrogens is 104 g/mol. The molecule has 0 aliphatic carbocycles. The van der Waals surface area contributed by atoms with E-state index in [1.165, 1.54) is 0 Å². The van der Waals surface area contributed by atoms with Gasteiger partial charge in [0, 0.05) is 17.9 Å². The number of azide groups is 1. The van der Waals surface area contributed by atoms with E-state index in [9.17, 15) is 0 Å². The van der Waals surface area contributed by atoms with Crippen LogP contribution in [0.3, 0.4) is 0 Å². The Balaban J connectivity index is 2.96. The van der Waals surface area contributed by atoms with Gasteiger partial charge in [0.2, 0.25) is 6.54 Å².